The van der Waals surface area contributed by atoms with E-state index in [1.165, 1.54) is 0 Å². The van der Waals surface area contributed by atoms with Crippen molar-refractivity contribution in [3.8, 4) is 29.2 Å². The van der Waals surface area contributed by atoms with Crippen LogP contribution in [-0.2, 0) is 20.8 Å². The highest BCUT2D eigenvalue weighted by molar-refractivity contribution is 6.24. The van der Waals surface area contributed by atoms with Crippen LogP contribution >= 0.6 is 0 Å². The zero-order valence-corrected chi connectivity index (χ0v) is 25.6. The summed E-state index contributed by atoms with van der Waals surface area (Å²) in [6, 6.07) is 8.93. The van der Waals surface area contributed by atoms with Gasteiger partial charge in [-0.25, -0.2) is 0 Å². The molecule has 1 fully saturated rings. The van der Waals surface area contributed by atoms with Gasteiger partial charge in [-0.1, -0.05) is 59.6 Å². The molecular weight excluding hydrogens is 544 g/mol. The first-order valence-electron chi connectivity index (χ1n) is 14.6. The van der Waals surface area contributed by atoms with Crippen LogP contribution in [0.5, 0.6) is 5.75 Å². The van der Waals surface area contributed by atoms with Crippen molar-refractivity contribution in [3.63, 3.8) is 0 Å². The van der Waals surface area contributed by atoms with Crippen molar-refractivity contribution in [2.45, 2.75) is 72.8 Å². The zero-order valence-electron chi connectivity index (χ0n) is 25.6. The summed E-state index contributed by atoms with van der Waals surface area (Å²) in [6.45, 7) is 12.1. The Kier molecular flexibility index (Phi) is 6.83. The number of phenols is 1. The Balaban J connectivity index is 1.84. The largest absolute Gasteiger partial charge is 0.508 e. The van der Waals surface area contributed by atoms with Crippen molar-refractivity contribution >= 4 is 23.1 Å². The second kappa shape index (κ2) is 9.68. The molecule has 224 valence electrons. The Bertz CT molecular complexity index is 1710. The van der Waals surface area contributed by atoms with Crippen LogP contribution in [0.25, 0.3) is 16.9 Å². The Morgan fingerprint density at radius 2 is 1.65 bits per heavy atom. The smallest absolute Gasteiger partial charge is 0.203 e. The van der Waals surface area contributed by atoms with E-state index in [4.69, 9.17) is 6.42 Å². The molecule has 0 amide bonds. The van der Waals surface area contributed by atoms with Gasteiger partial charge in [0.1, 0.15) is 22.8 Å². The molecule has 0 spiro atoms. The first kappa shape index (κ1) is 30.3. The van der Waals surface area contributed by atoms with Gasteiger partial charge >= 0.3 is 0 Å². The highest BCUT2D eigenvalue weighted by Gasteiger charge is 2.72. The number of aliphatic hydroxyl groups excluding tert-OH is 2. The van der Waals surface area contributed by atoms with Crippen molar-refractivity contribution in [2.24, 2.45) is 22.7 Å². The molecular formula is C36H38O7. The second-order valence-electron chi connectivity index (χ2n) is 13.6. The molecule has 3 aliphatic rings. The van der Waals surface area contributed by atoms with Gasteiger partial charge in [-0.2, -0.15) is 0 Å². The highest BCUT2D eigenvalue weighted by atomic mass is 16.3. The average Bonchev–Trinajstić information content (AvgIpc) is 2.90. The zero-order chi connectivity index (χ0) is 32.0. The van der Waals surface area contributed by atoms with E-state index in [0.29, 0.717) is 22.3 Å². The lowest BCUT2D eigenvalue weighted by Gasteiger charge is -2.59. The second-order valence-corrected chi connectivity index (χ2v) is 13.6. The molecule has 0 radical (unpaired) electrons. The summed E-state index contributed by atoms with van der Waals surface area (Å²) in [7, 11) is 0. The number of allylic oxidation sites excluding steroid dienone is 1. The Hall–Kier alpha value is -4.15. The summed E-state index contributed by atoms with van der Waals surface area (Å²) in [6.07, 6.45) is 5.80. The van der Waals surface area contributed by atoms with Gasteiger partial charge in [0.25, 0.3) is 0 Å². The van der Waals surface area contributed by atoms with Crippen LogP contribution in [-0.4, -0.2) is 43.4 Å². The van der Waals surface area contributed by atoms with E-state index in [-0.39, 0.29) is 41.6 Å². The molecule has 0 bridgehead atoms. The number of hydrogen-bond acceptors (Lipinski definition) is 7. The van der Waals surface area contributed by atoms with Crippen LogP contribution in [0.3, 0.4) is 0 Å². The number of ketones is 3. The summed E-state index contributed by atoms with van der Waals surface area (Å²) in [5.74, 6) is -2.80. The number of rotatable bonds is 4. The third-order valence-corrected chi connectivity index (χ3v) is 10.0. The van der Waals surface area contributed by atoms with E-state index < -0.39 is 56.8 Å². The molecule has 3 aliphatic carbocycles. The molecule has 5 rings (SSSR count). The first-order valence-corrected chi connectivity index (χ1v) is 14.6. The molecule has 1 saturated carbocycles. The van der Waals surface area contributed by atoms with Crippen LogP contribution in [0.4, 0.5) is 0 Å². The lowest BCUT2D eigenvalue weighted by atomic mass is 9.43. The molecule has 0 saturated heterocycles. The maximum atomic E-state index is 14.6. The van der Waals surface area contributed by atoms with Crippen molar-refractivity contribution in [1.82, 2.24) is 0 Å². The Labute approximate surface area is 252 Å². The van der Waals surface area contributed by atoms with Gasteiger partial charge in [0.15, 0.2) is 17.2 Å². The number of carbonyl (C=O) groups excluding carboxylic acids is 3. The van der Waals surface area contributed by atoms with Gasteiger partial charge in [0.05, 0.1) is 5.56 Å². The topological polar surface area (TPSA) is 132 Å². The molecule has 0 heterocycles. The van der Waals surface area contributed by atoms with E-state index >= 15 is 0 Å². The van der Waals surface area contributed by atoms with Crippen molar-refractivity contribution < 1.29 is 34.8 Å². The van der Waals surface area contributed by atoms with Gasteiger partial charge < -0.3 is 20.4 Å². The van der Waals surface area contributed by atoms with E-state index in [1.807, 2.05) is 19.9 Å². The maximum absolute atomic E-state index is 14.6. The minimum atomic E-state index is -2.64. The number of terminal acetylenes is 1. The molecule has 43 heavy (non-hydrogen) atoms. The van der Waals surface area contributed by atoms with Crippen LogP contribution in [0.2, 0.25) is 0 Å². The van der Waals surface area contributed by atoms with Gasteiger partial charge in [-0.05, 0) is 66.5 Å². The van der Waals surface area contributed by atoms with E-state index in [9.17, 15) is 34.8 Å². The van der Waals surface area contributed by atoms with Crippen LogP contribution in [0.15, 0.2) is 47.2 Å². The fourth-order valence-electron chi connectivity index (χ4n) is 8.29. The predicted molar refractivity (Wildman–Crippen MR) is 163 cm³/mol. The fourth-order valence-corrected chi connectivity index (χ4v) is 8.29. The van der Waals surface area contributed by atoms with Crippen molar-refractivity contribution in [1.29, 1.82) is 0 Å². The number of phenolic OH excluding ortho intramolecular Hbond substituents is 1. The number of carbonyl (C=O) groups is 3. The number of aromatic hydroxyl groups is 1. The summed E-state index contributed by atoms with van der Waals surface area (Å²) in [5, 5.41) is 47.2. The Morgan fingerprint density at radius 3 is 2.16 bits per heavy atom. The lowest BCUT2D eigenvalue weighted by Crippen LogP contribution is -2.69. The van der Waals surface area contributed by atoms with Crippen LogP contribution in [0.1, 0.15) is 83.1 Å². The molecule has 2 aromatic carbocycles. The Morgan fingerprint density at radius 1 is 1.05 bits per heavy atom. The van der Waals surface area contributed by atoms with E-state index in [1.54, 1.807) is 52.0 Å². The first-order chi connectivity index (χ1) is 20.0. The van der Waals surface area contributed by atoms with Gasteiger partial charge in [-0.3, -0.25) is 14.4 Å². The molecule has 7 heteroatoms. The molecule has 4 atom stereocenters. The normalized spacial score (nSPS) is 28.5. The number of benzene rings is 2. The standard InChI is InChI=1S/C36H38O7/c1-9-20-10-12-21(13-11-20)23-14-22(17(2)3)24-15-34(7)16-35(8)27(18(4)5)30(39)25(19(6)37)32(41)36(35,43)33(42)28(34)31(40)26(24)29(23)38/h1,10-14,17-18,27,38,40-41,43H,15-16H2,2-8H3/t27?,34-,35-,36+/m1/s1. The number of aliphatic hydroxyl groups is 3. The average molecular weight is 583 g/mol. The molecule has 1 unspecified atom stereocenters. The molecule has 7 nitrogen and oxygen atoms in total. The minimum absolute atomic E-state index is 0.0207. The van der Waals surface area contributed by atoms with Crippen LogP contribution in [0, 0.1) is 35.0 Å². The number of hydrogen-bond donors (Lipinski definition) is 4. The monoisotopic (exact) mass is 582 g/mol. The molecule has 0 aliphatic heterocycles. The predicted octanol–water partition coefficient (Wildman–Crippen LogP) is 5.96. The minimum Gasteiger partial charge on any atom is -0.508 e. The third kappa shape index (κ3) is 3.89. The summed E-state index contributed by atoms with van der Waals surface area (Å²) < 4.78 is 0. The summed E-state index contributed by atoms with van der Waals surface area (Å²) in [4.78, 5) is 40.8. The molecule has 4 N–H and O–H groups in total. The van der Waals surface area contributed by atoms with Crippen molar-refractivity contribution in [2.75, 3.05) is 0 Å². The van der Waals surface area contributed by atoms with E-state index in [2.05, 4.69) is 5.92 Å². The highest BCUT2D eigenvalue weighted by Crippen LogP contribution is 2.65. The quantitative estimate of drug-likeness (QED) is 0.258. The van der Waals surface area contributed by atoms with Crippen molar-refractivity contribution in [3.05, 3.63) is 69.5 Å². The number of Topliss-reactive ketones (excluding diaryl/α,β-unsaturated/α-hetero) is 3. The molecule has 0 aromatic heterocycles. The maximum Gasteiger partial charge on any atom is 0.203 e. The van der Waals surface area contributed by atoms with E-state index in [0.717, 1.165) is 12.5 Å². The fraction of sp³-hybridized carbons (Fsp3) is 0.417. The van der Waals surface area contributed by atoms with Gasteiger partial charge in [-0.15, -0.1) is 6.42 Å². The third-order valence-electron chi connectivity index (χ3n) is 10.0. The van der Waals surface area contributed by atoms with Crippen LogP contribution < -0.4 is 0 Å². The summed E-state index contributed by atoms with van der Waals surface area (Å²) >= 11 is 0. The number of fused-ring (bicyclic) bond motifs is 3. The molecule has 2 aromatic rings. The van der Waals surface area contributed by atoms with Gasteiger partial charge in [0.2, 0.25) is 5.78 Å². The van der Waals surface area contributed by atoms with Gasteiger partial charge in [0, 0.05) is 33.4 Å². The SMILES string of the molecule is C#Cc1ccc(-c2cc(C(C)C)c3c(c2O)C(O)=C2C(=O)[C@@]4(O)C(O)=C(C(C)=O)C(=O)C(C(C)C)[C@@]4(C)C[C@@]2(C)C3)cc1. The summed E-state index contributed by atoms with van der Waals surface area (Å²) in [5.41, 5.74) is -2.52. The lowest BCUT2D eigenvalue weighted by molar-refractivity contribution is -0.178.